The van der Waals surface area contributed by atoms with Crippen LogP contribution >= 0.6 is 0 Å². The number of ether oxygens (including phenoxy) is 2. The van der Waals surface area contributed by atoms with E-state index in [-0.39, 0.29) is 11.8 Å². The largest absolute Gasteiger partial charge is 0.416 e. The lowest BCUT2D eigenvalue weighted by molar-refractivity contribution is -0.143. The minimum Gasteiger partial charge on any atom is -0.381 e. The molecule has 1 aromatic rings. The van der Waals surface area contributed by atoms with Gasteiger partial charge in [-0.05, 0) is 24.1 Å². The summed E-state index contributed by atoms with van der Waals surface area (Å²) in [5, 5.41) is 0. The van der Waals surface area contributed by atoms with Crippen LogP contribution in [0.1, 0.15) is 23.7 Å². The summed E-state index contributed by atoms with van der Waals surface area (Å²) in [6.07, 6.45) is -4.02. The zero-order valence-electron chi connectivity index (χ0n) is 12.5. The number of morpholine rings is 1. The van der Waals surface area contributed by atoms with E-state index < -0.39 is 17.8 Å². The molecule has 23 heavy (non-hydrogen) atoms. The third-order valence-corrected chi connectivity index (χ3v) is 4.27. The maximum Gasteiger partial charge on any atom is 0.416 e. The van der Waals surface area contributed by atoms with Gasteiger partial charge in [0.1, 0.15) is 6.10 Å². The van der Waals surface area contributed by atoms with Crippen LogP contribution < -0.4 is 0 Å². The summed E-state index contributed by atoms with van der Waals surface area (Å²) in [6, 6.07) is 4.93. The van der Waals surface area contributed by atoms with E-state index in [0.717, 1.165) is 18.6 Å². The molecule has 2 aliphatic heterocycles. The number of halogens is 3. The van der Waals surface area contributed by atoms with Crippen molar-refractivity contribution in [3.63, 3.8) is 0 Å². The fraction of sp³-hybridized carbons (Fsp3) is 0.562. The van der Waals surface area contributed by atoms with E-state index in [0.29, 0.717) is 38.5 Å². The standard InChI is InChI=1S/C16H18F3NO3/c17-16(18,19)13-3-1-11(2-4-13)14-9-20(6-8-23-14)15(21)12-5-7-22-10-12/h1-4,12,14H,5-10H2/t12-,14+/m0/s1. The van der Waals surface area contributed by atoms with Gasteiger partial charge in [0.05, 0.1) is 31.2 Å². The Bertz CT molecular complexity index is 553. The van der Waals surface area contributed by atoms with E-state index in [9.17, 15) is 18.0 Å². The molecule has 2 heterocycles. The molecular weight excluding hydrogens is 311 g/mol. The molecule has 2 fully saturated rings. The molecular formula is C16H18F3NO3. The van der Waals surface area contributed by atoms with Crippen molar-refractivity contribution in [1.29, 1.82) is 0 Å². The molecule has 0 saturated carbocycles. The third-order valence-electron chi connectivity index (χ3n) is 4.27. The van der Waals surface area contributed by atoms with E-state index >= 15 is 0 Å². The number of nitrogens with zero attached hydrogens (tertiary/aromatic N) is 1. The van der Waals surface area contributed by atoms with Crippen molar-refractivity contribution >= 4 is 5.91 Å². The molecule has 4 nitrogen and oxygen atoms in total. The average Bonchev–Trinajstić information content (AvgIpc) is 3.08. The van der Waals surface area contributed by atoms with Crippen LogP contribution in [-0.2, 0) is 20.4 Å². The van der Waals surface area contributed by atoms with Crippen molar-refractivity contribution in [1.82, 2.24) is 4.90 Å². The first-order valence-corrected chi connectivity index (χ1v) is 7.60. The Morgan fingerprint density at radius 1 is 1.17 bits per heavy atom. The number of alkyl halides is 3. The van der Waals surface area contributed by atoms with Gasteiger partial charge in [0.2, 0.25) is 5.91 Å². The van der Waals surface area contributed by atoms with Gasteiger partial charge in [-0.2, -0.15) is 13.2 Å². The predicted octanol–water partition coefficient (Wildman–Crippen LogP) is 2.64. The Hall–Kier alpha value is -1.60. The zero-order chi connectivity index (χ0) is 16.4. The molecule has 0 spiro atoms. The monoisotopic (exact) mass is 329 g/mol. The van der Waals surface area contributed by atoms with Crippen LogP contribution in [0.4, 0.5) is 13.2 Å². The van der Waals surface area contributed by atoms with Crippen LogP contribution in [0.2, 0.25) is 0 Å². The summed E-state index contributed by atoms with van der Waals surface area (Å²) in [6.45, 7) is 2.29. The molecule has 2 aliphatic rings. The van der Waals surface area contributed by atoms with E-state index in [2.05, 4.69) is 0 Å². The van der Waals surface area contributed by atoms with E-state index in [4.69, 9.17) is 9.47 Å². The second kappa shape index (κ2) is 6.49. The number of amides is 1. The van der Waals surface area contributed by atoms with Crippen LogP contribution in [0.25, 0.3) is 0 Å². The Morgan fingerprint density at radius 3 is 2.52 bits per heavy atom. The number of benzene rings is 1. The summed E-state index contributed by atoms with van der Waals surface area (Å²) < 4.78 is 48.7. The van der Waals surface area contributed by atoms with Gasteiger partial charge < -0.3 is 14.4 Å². The Kier molecular flexibility index (Phi) is 4.59. The van der Waals surface area contributed by atoms with Gasteiger partial charge in [0.15, 0.2) is 0 Å². The normalized spacial score (nSPS) is 25.6. The molecule has 0 aromatic heterocycles. The number of carbonyl (C=O) groups is 1. The maximum absolute atomic E-state index is 12.6. The minimum atomic E-state index is -4.35. The molecule has 2 saturated heterocycles. The number of rotatable bonds is 2. The average molecular weight is 329 g/mol. The molecule has 0 radical (unpaired) electrons. The maximum atomic E-state index is 12.6. The van der Waals surface area contributed by atoms with Crippen LogP contribution in [0, 0.1) is 5.92 Å². The lowest BCUT2D eigenvalue weighted by atomic mass is 10.0. The molecule has 0 unspecified atom stereocenters. The number of carbonyl (C=O) groups excluding carboxylic acids is 1. The van der Waals surface area contributed by atoms with Crippen LogP contribution in [0.15, 0.2) is 24.3 Å². The highest BCUT2D eigenvalue weighted by atomic mass is 19.4. The highest BCUT2D eigenvalue weighted by Crippen LogP contribution is 2.31. The Labute approximate surface area is 132 Å². The highest BCUT2D eigenvalue weighted by molar-refractivity contribution is 5.79. The molecule has 2 atom stereocenters. The second-order valence-corrected chi connectivity index (χ2v) is 5.82. The summed E-state index contributed by atoms with van der Waals surface area (Å²) in [4.78, 5) is 14.1. The van der Waals surface area contributed by atoms with Gasteiger partial charge in [-0.15, -0.1) is 0 Å². The van der Waals surface area contributed by atoms with E-state index in [1.165, 1.54) is 12.1 Å². The first-order chi connectivity index (χ1) is 10.9. The van der Waals surface area contributed by atoms with Crippen molar-refractivity contribution < 1.29 is 27.4 Å². The molecule has 3 rings (SSSR count). The quantitative estimate of drug-likeness (QED) is 0.837. The van der Waals surface area contributed by atoms with Gasteiger partial charge in [-0.1, -0.05) is 12.1 Å². The van der Waals surface area contributed by atoms with Crippen molar-refractivity contribution in [2.24, 2.45) is 5.92 Å². The lowest BCUT2D eigenvalue weighted by Gasteiger charge is -2.34. The number of hydrogen-bond donors (Lipinski definition) is 0. The fourth-order valence-corrected chi connectivity index (χ4v) is 2.93. The Balaban J connectivity index is 1.67. The first-order valence-electron chi connectivity index (χ1n) is 7.60. The van der Waals surface area contributed by atoms with Crippen molar-refractivity contribution in [2.75, 3.05) is 32.9 Å². The first kappa shape index (κ1) is 16.3. The van der Waals surface area contributed by atoms with E-state index in [1.54, 1.807) is 4.90 Å². The molecule has 126 valence electrons. The van der Waals surface area contributed by atoms with Crippen LogP contribution in [0.5, 0.6) is 0 Å². The fourth-order valence-electron chi connectivity index (χ4n) is 2.93. The molecule has 0 N–H and O–H groups in total. The highest BCUT2D eigenvalue weighted by Gasteiger charge is 2.33. The molecule has 0 aliphatic carbocycles. The smallest absolute Gasteiger partial charge is 0.381 e. The van der Waals surface area contributed by atoms with Crippen LogP contribution in [-0.4, -0.2) is 43.7 Å². The van der Waals surface area contributed by atoms with Gasteiger partial charge in [-0.3, -0.25) is 4.79 Å². The summed E-state index contributed by atoms with van der Waals surface area (Å²) in [5.41, 5.74) is -0.0359. The van der Waals surface area contributed by atoms with E-state index in [1.807, 2.05) is 0 Å². The molecule has 1 amide bonds. The molecule has 7 heteroatoms. The van der Waals surface area contributed by atoms with Crippen molar-refractivity contribution in [2.45, 2.75) is 18.7 Å². The Morgan fingerprint density at radius 2 is 1.91 bits per heavy atom. The van der Waals surface area contributed by atoms with Gasteiger partial charge in [0.25, 0.3) is 0 Å². The molecule has 0 bridgehead atoms. The van der Waals surface area contributed by atoms with Crippen molar-refractivity contribution in [3.8, 4) is 0 Å². The zero-order valence-corrected chi connectivity index (χ0v) is 12.5. The summed E-state index contributed by atoms with van der Waals surface area (Å²) >= 11 is 0. The topological polar surface area (TPSA) is 38.8 Å². The van der Waals surface area contributed by atoms with Gasteiger partial charge >= 0.3 is 6.18 Å². The summed E-state index contributed by atoms with van der Waals surface area (Å²) in [7, 11) is 0. The van der Waals surface area contributed by atoms with Crippen molar-refractivity contribution in [3.05, 3.63) is 35.4 Å². The lowest BCUT2D eigenvalue weighted by Crippen LogP contribution is -2.45. The minimum absolute atomic E-state index is 0.0442. The number of hydrogen-bond acceptors (Lipinski definition) is 3. The molecule has 1 aromatic carbocycles. The third kappa shape index (κ3) is 3.67. The van der Waals surface area contributed by atoms with Gasteiger partial charge in [-0.25, -0.2) is 0 Å². The summed E-state index contributed by atoms with van der Waals surface area (Å²) in [5.74, 6) is -0.0657. The SMILES string of the molecule is O=C([C@H]1CCOC1)N1CCO[C@@H](c2ccc(C(F)(F)F)cc2)C1. The second-order valence-electron chi connectivity index (χ2n) is 5.82. The van der Waals surface area contributed by atoms with Crippen LogP contribution in [0.3, 0.4) is 0 Å². The van der Waals surface area contributed by atoms with Gasteiger partial charge in [0, 0.05) is 13.2 Å². The predicted molar refractivity (Wildman–Crippen MR) is 75.6 cm³/mol.